The second-order valence-electron chi connectivity index (χ2n) is 0.857. The van der Waals surface area contributed by atoms with Crippen LogP contribution in [0.15, 0.2) is 0 Å². The van der Waals surface area contributed by atoms with E-state index in [1.807, 2.05) is 0 Å². The largest absolute Gasteiger partial charge is 0.483 e. The summed E-state index contributed by atoms with van der Waals surface area (Å²) < 4.78 is 4.18. The van der Waals surface area contributed by atoms with Gasteiger partial charge in [-0.25, -0.2) is 4.79 Å². The Kier molecular flexibility index (Phi) is 11.7. The fraction of sp³-hybridized carbons (Fsp3) is 0.500. The van der Waals surface area contributed by atoms with E-state index in [1.54, 1.807) is 6.92 Å². The molecule has 0 unspecified atom stereocenters. The standard InChI is InChI=1S/C3H7NO2.CH2O2/c1-2-6-3(4)5;2-1-3/h2H2,1H3,(H2,4,5);1H,(H,2,3). The van der Waals surface area contributed by atoms with Crippen molar-refractivity contribution < 1.29 is 19.4 Å². The predicted molar refractivity (Wildman–Crippen MR) is 29.9 cm³/mol. The van der Waals surface area contributed by atoms with E-state index in [0.29, 0.717) is 6.61 Å². The van der Waals surface area contributed by atoms with E-state index in [4.69, 9.17) is 9.90 Å². The van der Waals surface area contributed by atoms with Gasteiger partial charge in [-0.3, -0.25) is 4.79 Å². The Hall–Kier alpha value is -1.26. The molecule has 0 aliphatic rings. The van der Waals surface area contributed by atoms with Crippen molar-refractivity contribution in [2.45, 2.75) is 6.92 Å². The Balaban J connectivity index is 0. The summed E-state index contributed by atoms with van der Waals surface area (Å²) in [5.74, 6) is 0. The highest BCUT2D eigenvalue weighted by Crippen LogP contribution is 1.66. The van der Waals surface area contributed by atoms with Gasteiger partial charge in [0.05, 0.1) is 6.61 Å². The fourth-order valence-corrected chi connectivity index (χ4v) is 0.142. The summed E-state index contributed by atoms with van der Waals surface area (Å²) in [6.45, 7) is 1.81. The zero-order valence-electron chi connectivity index (χ0n) is 5.03. The molecule has 0 atom stereocenters. The van der Waals surface area contributed by atoms with E-state index >= 15 is 0 Å². The molecule has 0 aliphatic heterocycles. The van der Waals surface area contributed by atoms with Crippen LogP contribution in [0.1, 0.15) is 6.92 Å². The van der Waals surface area contributed by atoms with Gasteiger partial charge in [0.15, 0.2) is 0 Å². The van der Waals surface area contributed by atoms with Crippen molar-refractivity contribution in [3.8, 4) is 0 Å². The maximum absolute atomic E-state index is 9.60. The molecular weight excluding hydrogens is 126 g/mol. The summed E-state index contributed by atoms with van der Waals surface area (Å²) in [4.78, 5) is 18.0. The molecule has 0 fully saturated rings. The monoisotopic (exact) mass is 135 g/mol. The minimum absolute atomic E-state index is 0.250. The zero-order valence-corrected chi connectivity index (χ0v) is 5.03. The SMILES string of the molecule is CCOC(N)=O.O=CO. The molecule has 0 heterocycles. The lowest BCUT2D eigenvalue weighted by Crippen LogP contribution is -2.11. The van der Waals surface area contributed by atoms with Crippen molar-refractivity contribution in [1.82, 2.24) is 0 Å². The first kappa shape index (κ1) is 10.7. The molecule has 0 aromatic rings. The minimum Gasteiger partial charge on any atom is -0.483 e. The van der Waals surface area contributed by atoms with Crippen LogP contribution in [0.4, 0.5) is 4.79 Å². The van der Waals surface area contributed by atoms with Crippen molar-refractivity contribution in [2.24, 2.45) is 5.73 Å². The van der Waals surface area contributed by atoms with Crippen LogP contribution in [0.3, 0.4) is 0 Å². The smallest absolute Gasteiger partial charge is 0.404 e. The van der Waals surface area contributed by atoms with Gasteiger partial charge >= 0.3 is 6.09 Å². The van der Waals surface area contributed by atoms with Gasteiger partial charge in [0.2, 0.25) is 0 Å². The highest BCUT2D eigenvalue weighted by molar-refractivity contribution is 5.64. The van der Waals surface area contributed by atoms with Gasteiger partial charge in [0.1, 0.15) is 0 Å². The van der Waals surface area contributed by atoms with Gasteiger partial charge in [-0.05, 0) is 6.92 Å². The lowest BCUT2D eigenvalue weighted by atomic mass is 10.9. The summed E-state index contributed by atoms with van der Waals surface area (Å²) in [7, 11) is 0. The van der Waals surface area contributed by atoms with Crippen LogP contribution in [0.2, 0.25) is 0 Å². The average Bonchev–Trinajstić information content (AvgIpc) is 1.67. The lowest BCUT2D eigenvalue weighted by molar-refractivity contribution is -0.122. The van der Waals surface area contributed by atoms with Crippen molar-refractivity contribution in [1.29, 1.82) is 0 Å². The molecule has 3 N–H and O–H groups in total. The van der Waals surface area contributed by atoms with E-state index in [0.717, 1.165) is 0 Å². The van der Waals surface area contributed by atoms with Gasteiger partial charge in [-0.15, -0.1) is 0 Å². The summed E-state index contributed by atoms with van der Waals surface area (Å²) in [5, 5.41) is 6.89. The van der Waals surface area contributed by atoms with E-state index in [-0.39, 0.29) is 6.47 Å². The second-order valence-corrected chi connectivity index (χ2v) is 0.857. The zero-order chi connectivity index (χ0) is 7.70. The molecule has 5 nitrogen and oxygen atoms in total. The number of carbonyl (C=O) groups is 2. The van der Waals surface area contributed by atoms with Crippen LogP contribution in [-0.4, -0.2) is 24.3 Å². The molecule has 0 rings (SSSR count). The van der Waals surface area contributed by atoms with Gasteiger partial charge in [-0.1, -0.05) is 0 Å². The molecule has 0 radical (unpaired) electrons. The third kappa shape index (κ3) is 50.0. The predicted octanol–water partition coefficient (Wildman–Crippen LogP) is -0.198. The molecule has 54 valence electrons. The Bertz CT molecular complexity index is 82.6. The van der Waals surface area contributed by atoms with Crippen molar-refractivity contribution in [3.63, 3.8) is 0 Å². The van der Waals surface area contributed by atoms with Crippen LogP contribution in [-0.2, 0) is 9.53 Å². The highest BCUT2D eigenvalue weighted by Gasteiger charge is 1.82. The Morgan fingerprint density at radius 1 is 1.89 bits per heavy atom. The van der Waals surface area contributed by atoms with E-state index < -0.39 is 6.09 Å². The maximum Gasteiger partial charge on any atom is 0.404 e. The van der Waals surface area contributed by atoms with Crippen LogP contribution < -0.4 is 5.73 Å². The minimum atomic E-state index is -0.711. The third-order valence-corrected chi connectivity index (χ3v) is 0.287. The molecule has 0 saturated heterocycles. The average molecular weight is 135 g/mol. The van der Waals surface area contributed by atoms with Crippen LogP contribution in [0.25, 0.3) is 0 Å². The summed E-state index contributed by atoms with van der Waals surface area (Å²) in [6, 6.07) is 0. The number of primary amides is 1. The summed E-state index contributed by atoms with van der Waals surface area (Å²) >= 11 is 0. The summed E-state index contributed by atoms with van der Waals surface area (Å²) in [5.41, 5.74) is 4.54. The Morgan fingerprint density at radius 3 is 2.22 bits per heavy atom. The number of hydrogen-bond acceptors (Lipinski definition) is 3. The number of nitrogens with two attached hydrogens (primary N) is 1. The van der Waals surface area contributed by atoms with Crippen molar-refractivity contribution in [3.05, 3.63) is 0 Å². The molecule has 5 heteroatoms. The van der Waals surface area contributed by atoms with Gasteiger partial charge < -0.3 is 15.6 Å². The normalized spacial score (nSPS) is 6.33. The molecule has 0 aliphatic carbocycles. The topological polar surface area (TPSA) is 89.6 Å². The molecule has 0 saturated carbocycles. The molecule has 9 heavy (non-hydrogen) atoms. The second kappa shape index (κ2) is 9.88. The molecule has 0 bridgehead atoms. The molecule has 0 aromatic heterocycles. The Morgan fingerprint density at radius 2 is 2.22 bits per heavy atom. The molecule has 0 aromatic carbocycles. The third-order valence-electron chi connectivity index (χ3n) is 0.287. The Labute approximate surface area is 52.4 Å². The van der Waals surface area contributed by atoms with Crippen LogP contribution in [0.5, 0.6) is 0 Å². The van der Waals surface area contributed by atoms with Gasteiger partial charge in [0, 0.05) is 0 Å². The summed E-state index contributed by atoms with van der Waals surface area (Å²) in [6.07, 6.45) is -0.711. The molecule has 1 amide bonds. The van der Waals surface area contributed by atoms with Gasteiger partial charge in [-0.2, -0.15) is 0 Å². The van der Waals surface area contributed by atoms with Crippen molar-refractivity contribution in [2.75, 3.05) is 6.61 Å². The highest BCUT2D eigenvalue weighted by atomic mass is 16.5. The first-order chi connectivity index (χ1) is 4.18. The first-order valence-electron chi connectivity index (χ1n) is 2.19. The van der Waals surface area contributed by atoms with E-state index in [1.165, 1.54) is 0 Å². The number of amides is 1. The molecular formula is C4H9NO4. The number of rotatable bonds is 1. The van der Waals surface area contributed by atoms with Crippen LogP contribution >= 0.6 is 0 Å². The molecule has 0 spiro atoms. The number of hydrogen-bond donors (Lipinski definition) is 2. The van der Waals surface area contributed by atoms with Gasteiger partial charge in [0.25, 0.3) is 6.47 Å². The first-order valence-corrected chi connectivity index (χ1v) is 2.19. The number of carbonyl (C=O) groups excluding carboxylic acids is 1. The number of ether oxygens (including phenoxy) is 1. The van der Waals surface area contributed by atoms with E-state index in [2.05, 4.69) is 10.5 Å². The fourth-order valence-electron chi connectivity index (χ4n) is 0.142. The maximum atomic E-state index is 9.60. The lowest BCUT2D eigenvalue weighted by Gasteiger charge is -1.89. The number of carboxylic acid groups (broad SMARTS) is 1. The quantitative estimate of drug-likeness (QED) is 0.487. The van der Waals surface area contributed by atoms with Crippen LogP contribution in [0, 0.1) is 0 Å². The van der Waals surface area contributed by atoms with E-state index in [9.17, 15) is 4.79 Å². The van der Waals surface area contributed by atoms with Crippen molar-refractivity contribution >= 4 is 12.6 Å².